The fourth-order valence-corrected chi connectivity index (χ4v) is 2.86. The highest BCUT2D eigenvalue weighted by Crippen LogP contribution is 2.17. The summed E-state index contributed by atoms with van der Waals surface area (Å²) in [6.45, 7) is 5.80. The molecular weight excluding hydrogens is 292 g/mol. The van der Waals surface area contributed by atoms with Crippen LogP contribution in [0.15, 0.2) is 24.5 Å². The molecule has 1 fully saturated rings. The molecule has 0 aliphatic carbocycles. The molecule has 1 aliphatic rings. The third kappa shape index (κ3) is 5.18. The number of nitrogens with one attached hydrogen (secondary N) is 1. The molecule has 0 radical (unpaired) electrons. The van der Waals surface area contributed by atoms with Gasteiger partial charge in [0, 0.05) is 39.1 Å². The Labute approximate surface area is 138 Å². The summed E-state index contributed by atoms with van der Waals surface area (Å²) in [7, 11) is 1.81. The van der Waals surface area contributed by atoms with Crippen molar-refractivity contribution in [2.45, 2.75) is 25.8 Å². The lowest BCUT2D eigenvalue weighted by Gasteiger charge is -2.31. The fourth-order valence-electron chi connectivity index (χ4n) is 2.86. The maximum absolute atomic E-state index is 12.2. The Bertz CT molecular complexity index is 475. The molecule has 0 aromatic carbocycles. The minimum absolute atomic E-state index is 0.0102. The van der Waals surface area contributed by atoms with E-state index in [0.29, 0.717) is 19.1 Å². The first-order valence-electron chi connectivity index (χ1n) is 8.35. The number of rotatable bonds is 6. The van der Waals surface area contributed by atoms with Gasteiger partial charge in [-0.2, -0.15) is 0 Å². The zero-order valence-corrected chi connectivity index (χ0v) is 14.1. The number of aliphatic hydroxyl groups excluding tert-OH is 1. The second kappa shape index (κ2) is 8.84. The summed E-state index contributed by atoms with van der Waals surface area (Å²) in [6, 6.07) is 3.79. The molecule has 2 amide bonds. The van der Waals surface area contributed by atoms with Crippen molar-refractivity contribution in [3.8, 4) is 0 Å². The first-order valence-corrected chi connectivity index (χ1v) is 8.35. The van der Waals surface area contributed by atoms with E-state index in [0.717, 1.165) is 38.0 Å². The van der Waals surface area contributed by atoms with E-state index >= 15 is 0 Å². The van der Waals surface area contributed by atoms with E-state index in [1.165, 1.54) is 0 Å². The second-order valence-corrected chi connectivity index (χ2v) is 6.27. The average molecular weight is 320 g/mol. The molecule has 0 unspecified atom stereocenters. The molecule has 2 rings (SSSR count). The van der Waals surface area contributed by atoms with Crippen molar-refractivity contribution in [3.63, 3.8) is 0 Å². The molecule has 0 saturated carbocycles. The van der Waals surface area contributed by atoms with Gasteiger partial charge in [-0.05, 0) is 50.4 Å². The summed E-state index contributed by atoms with van der Waals surface area (Å²) < 4.78 is 0. The van der Waals surface area contributed by atoms with Crippen molar-refractivity contribution in [2.24, 2.45) is 5.92 Å². The highest BCUT2D eigenvalue weighted by molar-refractivity contribution is 5.74. The van der Waals surface area contributed by atoms with Gasteiger partial charge in [0.25, 0.3) is 0 Å². The Balaban J connectivity index is 1.70. The lowest BCUT2D eigenvalue weighted by Crippen LogP contribution is -2.44. The number of nitrogens with zero attached hydrogens (tertiary/aromatic N) is 3. The van der Waals surface area contributed by atoms with E-state index in [1.54, 1.807) is 24.3 Å². The zero-order chi connectivity index (χ0) is 16.7. The predicted octanol–water partition coefficient (Wildman–Crippen LogP) is 1.49. The smallest absolute Gasteiger partial charge is 0.317 e. The van der Waals surface area contributed by atoms with E-state index in [1.807, 2.05) is 19.1 Å². The molecule has 1 aliphatic heterocycles. The van der Waals surface area contributed by atoms with Gasteiger partial charge in [-0.1, -0.05) is 6.07 Å². The largest absolute Gasteiger partial charge is 0.396 e. The number of hydrogen-bond donors (Lipinski definition) is 2. The molecule has 1 aromatic heterocycles. The van der Waals surface area contributed by atoms with Crippen molar-refractivity contribution >= 4 is 6.03 Å². The molecule has 6 heteroatoms. The number of amides is 2. The summed E-state index contributed by atoms with van der Waals surface area (Å²) in [6.07, 6.45) is 5.61. The third-order valence-electron chi connectivity index (χ3n) is 4.74. The number of likely N-dealkylation sites (tertiary alicyclic amines) is 1. The highest BCUT2D eigenvalue weighted by Gasteiger charge is 2.19. The van der Waals surface area contributed by atoms with Gasteiger partial charge in [-0.15, -0.1) is 0 Å². The SMILES string of the molecule is C[C@@H](c1cccnc1)N(C)C(=O)NCCN1CCC(CO)CC1. The lowest BCUT2D eigenvalue weighted by molar-refractivity contribution is 0.131. The van der Waals surface area contributed by atoms with Crippen LogP contribution in [0.4, 0.5) is 4.79 Å². The summed E-state index contributed by atoms with van der Waals surface area (Å²) in [4.78, 5) is 20.4. The Hall–Kier alpha value is -1.66. The first-order chi connectivity index (χ1) is 11.1. The van der Waals surface area contributed by atoms with Gasteiger partial charge < -0.3 is 20.2 Å². The Morgan fingerprint density at radius 1 is 1.52 bits per heavy atom. The zero-order valence-electron chi connectivity index (χ0n) is 14.1. The lowest BCUT2D eigenvalue weighted by atomic mass is 9.98. The minimum Gasteiger partial charge on any atom is -0.396 e. The second-order valence-electron chi connectivity index (χ2n) is 6.27. The van der Waals surface area contributed by atoms with Gasteiger partial charge in [0.1, 0.15) is 0 Å². The maximum Gasteiger partial charge on any atom is 0.317 e. The van der Waals surface area contributed by atoms with Crippen molar-refractivity contribution in [3.05, 3.63) is 30.1 Å². The summed E-state index contributed by atoms with van der Waals surface area (Å²) in [5.74, 6) is 0.451. The summed E-state index contributed by atoms with van der Waals surface area (Å²) in [5, 5.41) is 12.1. The fraction of sp³-hybridized carbons (Fsp3) is 0.647. The van der Waals surface area contributed by atoms with E-state index in [9.17, 15) is 4.79 Å². The third-order valence-corrected chi connectivity index (χ3v) is 4.74. The molecular formula is C17H28N4O2. The number of carbonyl (C=O) groups is 1. The van der Waals surface area contributed by atoms with Gasteiger partial charge in [0.15, 0.2) is 0 Å². The van der Waals surface area contributed by atoms with Crippen LogP contribution in [0.5, 0.6) is 0 Å². The van der Waals surface area contributed by atoms with Gasteiger partial charge in [0.05, 0.1) is 6.04 Å². The van der Waals surface area contributed by atoms with E-state index in [2.05, 4.69) is 15.2 Å². The molecule has 128 valence electrons. The van der Waals surface area contributed by atoms with Crippen LogP contribution in [0, 0.1) is 5.92 Å². The molecule has 1 aromatic rings. The van der Waals surface area contributed by atoms with Crippen molar-refractivity contribution in [1.29, 1.82) is 0 Å². The monoisotopic (exact) mass is 320 g/mol. The van der Waals surface area contributed by atoms with Crippen LogP contribution in [0.1, 0.15) is 31.4 Å². The number of hydrogen-bond acceptors (Lipinski definition) is 4. The summed E-state index contributed by atoms with van der Waals surface area (Å²) >= 11 is 0. The molecule has 6 nitrogen and oxygen atoms in total. The van der Waals surface area contributed by atoms with Crippen LogP contribution in [0.25, 0.3) is 0 Å². The quantitative estimate of drug-likeness (QED) is 0.833. The standard InChI is InChI=1S/C17H28N4O2/c1-14(16-4-3-7-18-12-16)20(2)17(23)19-8-11-21-9-5-15(13-22)6-10-21/h3-4,7,12,14-15,22H,5-6,8-11,13H2,1-2H3,(H,19,23)/t14-/m0/s1. The first kappa shape index (κ1) is 17.7. The molecule has 23 heavy (non-hydrogen) atoms. The number of urea groups is 1. The number of pyridine rings is 1. The highest BCUT2D eigenvalue weighted by atomic mass is 16.3. The molecule has 0 spiro atoms. The van der Waals surface area contributed by atoms with Gasteiger partial charge in [-0.25, -0.2) is 4.79 Å². The normalized spacial score (nSPS) is 17.7. The Morgan fingerprint density at radius 3 is 2.87 bits per heavy atom. The molecule has 2 heterocycles. The van der Waals surface area contributed by atoms with Gasteiger partial charge in [-0.3, -0.25) is 4.98 Å². The van der Waals surface area contributed by atoms with Crippen molar-refractivity contribution < 1.29 is 9.90 Å². The van der Waals surface area contributed by atoms with Crippen LogP contribution in [-0.4, -0.2) is 65.8 Å². The maximum atomic E-state index is 12.2. The van der Waals surface area contributed by atoms with Crippen molar-refractivity contribution in [2.75, 3.05) is 39.8 Å². The summed E-state index contributed by atoms with van der Waals surface area (Å²) in [5.41, 5.74) is 1.02. The molecule has 1 atom stereocenters. The topological polar surface area (TPSA) is 68.7 Å². The molecule has 2 N–H and O–H groups in total. The van der Waals surface area contributed by atoms with Crippen LogP contribution < -0.4 is 5.32 Å². The predicted molar refractivity (Wildman–Crippen MR) is 90.1 cm³/mol. The van der Waals surface area contributed by atoms with E-state index in [-0.39, 0.29) is 12.1 Å². The minimum atomic E-state index is -0.0633. The number of aliphatic hydroxyl groups is 1. The van der Waals surface area contributed by atoms with Crippen LogP contribution >= 0.6 is 0 Å². The van der Waals surface area contributed by atoms with Crippen LogP contribution in [0.2, 0.25) is 0 Å². The Kier molecular flexibility index (Phi) is 6.80. The molecule has 0 bridgehead atoms. The van der Waals surface area contributed by atoms with Crippen LogP contribution in [-0.2, 0) is 0 Å². The Morgan fingerprint density at radius 2 is 2.26 bits per heavy atom. The average Bonchev–Trinajstić information content (AvgIpc) is 2.61. The van der Waals surface area contributed by atoms with Gasteiger partial charge >= 0.3 is 6.03 Å². The number of aromatic nitrogens is 1. The van der Waals surface area contributed by atoms with Crippen molar-refractivity contribution in [1.82, 2.24) is 20.1 Å². The number of carbonyl (C=O) groups excluding carboxylic acids is 1. The number of piperidine rings is 1. The van der Waals surface area contributed by atoms with Crippen LogP contribution in [0.3, 0.4) is 0 Å². The molecule has 1 saturated heterocycles. The van der Waals surface area contributed by atoms with E-state index < -0.39 is 0 Å². The van der Waals surface area contributed by atoms with Gasteiger partial charge in [0.2, 0.25) is 0 Å². The van der Waals surface area contributed by atoms with E-state index in [4.69, 9.17) is 5.11 Å².